The number of hydrogen-bond acceptors (Lipinski definition) is 3. The van der Waals surface area contributed by atoms with E-state index < -0.39 is 0 Å². The third kappa shape index (κ3) is 5.27. The lowest BCUT2D eigenvalue weighted by atomic mass is 10.0. The molecule has 0 spiro atoms. The monoisotopic (exact) mass is 373 g/mol. The van der Waals surface area contributed by atoms with Gasteiger partial charge in [-0.25, -0.2) is 0 Å². The Morgan fingerprint density at radius 3 is 2.39 bits per heavy atom. The molecule has 3 rings (SSSR count). The summed E-state index contributed by atoms with van der Waals surface area (Å²) in [6.45, 7) is 4.45. The van der Waals surface area contributed by atoms with Crippen molar-refractivity contribution in [3.8, 4) is 0 Å². The number of nitrogens with one attached hydrogen (secondary N) is 1. The minimum absolute atomic E-state index is 0.0812. The Bertz CT molecular complexity index is 954. The van der Waals surface area contributed by atoms with Crippen LogP contribution in [-0.2, 0) is 11.3 Å². The molecule has 0 aliphatic rings. The van der Waals surface area contributed by atoms with Gasteiger partial charge in [0.2, 0.25) is 5.91 Å². The van der Waals surface area contributed by atoms with Gasteiger partial charge in [0.25, 0.3) is 0 Å². The summed E-state index contributed by atoms with van der Waals surface area (Å²) in [4.78, 5) is 24.3. The van der Waals surface area contributed by atoms with Gasteiger partial charge in [0.05, 0.1) is 0 Å². The van der Waals surface area contributed by atoms with E-state index >= 15 is 0 Å². The van der Waals surface area contributed by atoms with Crippen molar-refractivity contribution in [1.82, 2.24) is 9.78 Å². The molecular weight excluding hydrogens is 350 g/mol. The molecule has 1 heterocycles. The molecule has 142 valence electrons. The summed E-state index contributed by atoms with van der Waals surface area (Å²) in [5.41, 5.74) is 3.47. The van der Waals surface area contributed by atoms with E-state index in [9.17, 15) is 9.59 Å². The summed E-state index contributed by atoms with van der Waals surface area (Å²) in [7, 11) is 0. The molecule has 5 nitrogen and oxygen atoms in total. The highest BCUT2D eigenvalue weighted by atomic mass is 16.2. The Morgan fingerprint density at radius 2 is 1.79 bits per heavy atom. The molecular formula is C23H23N3O2. The third-order valence-electron chi connectivity index (χ3n) is 4.35. The zero-order chi connectivity index (χ0) is 19.9. The van der Waals surface area contributed by atoms with Crippen LogP contribution in [0.2, 0.25) is 0 Å². The molecule has 3 aromatic rings. The zero-order valence-electron chi connectivity index (χ0n) is 16.0. The van der Waals surface area contributed by atoms with Gasteiger partial charge in [-0.05, 0) is 53.5 Å². The molecule has 0 atom stereocenters. The van der Waals surface area contributed by atoms with Crippen molar-refractivity contribution in [2.24, 2.45) is 0 Å². The predicted molar refractivity (Wildman–Crippen MR) is 111 cm³/mol. The maximum Gasteiger partial charge on any atom is 0.246 e. The molecule has 0 aliphatic carbocycles. The van der Waals surface area contributed by atoms with Crippen LogP contribution in [-0.4, -0.2) is 21.5 Å². The zero-order valence-corrected chi connectivity index (χ0v) is 16.0. The lowest BCUT2D eigenvalue weighted by Crippen LogP contribution is -2.18. The van der Waals surface area contributed by atoms with Crippen molar-refractivity contribution < 1.29 is 9.59 Å². The SMILES string of the molecule is CC(C)c1ccc(/C=C/C(=O)c2ccc(NC(=O)Cn3cccn3)cc2)cc1. The topological polar surface area (TPSA) is 64.0 Å². The first-order valence-electron chi connectivity index (χ1n) is 9.21. The van der Waals surface area contributed by atoms with Crippen molar-refractivity contribution >= 4 is 23.5 Å². The van der Waals surface area contributed by atoms with Gasteiger partial charge in [-0.2, -0.15) is 5.10 Å². The quantitative estimate of drug-likeness (QED) is 0.488. The number of rotatable bonds is 7. The number of aromatic nitrogens is 2. The van der Waals surface area contributed by atoms with Gasteiger partial charge in [0, 0.05) is 23.6 Å². The summed E-state index contributed by atoms with van der Waals surface area (Å²) in [6.07, 6.45) is 6.73. The number of benzene rings is 2. The lowest BCUT2D eigenvalue weighted by Gasteiger charge is -2.06. The average molecular weight is 373 g/mol. The van der Waals surface area contributed by atoms with Crippen LogP contribution < -0.4 is 5.32 Å². The largest absolute Gasteiger partial charge is 0.324 e. The van der Waals surface area contributed by atoms with E-state index in [-0.39, 0.29) is 18.2 Å². The number of anilines is 1. The Kier molecular flexibility index (Phi) is 6.17. The summed E-state index contributed by atoms with van der Waals surface area (Å²) in [6, 6.07) is 16.8. The molecule has 1 aromatic heterocycles. The Hall–Kier alpha value is -3.47. The van der Waals surface area contributed by atoms with Gasteiger partial charge in [-0.15, -0.1) is 0 Å². The molecule has 0 radical (unpaired) electrons. The molecule has 1 N–H and O–H groups in total. The first-order chi connectivity index (χ1) is 13.5. The molecule has 0 saturated heterocycles. The minimum Gasteiger partial charge on any atom is -0.324 e. The van der Waals surface area contributed by atoms with Gasteiger partial charge in [0.15, 0.2) is 5.78 Å². The summed E-state index contributed by atoms with van der Waals surface area (Å²) >= 11 is 0. The van der Waals surface area contributed by atoms with Gasteiger partial charge in [0.1, 0.15) is 6.54 Å². The number of amides is 1. The van der Waals surface area contributed by atoms with Crippen LogP contribution in [0.15, 0.2) is 73.1 Å². The van der Waals surface area contributed by atoms with Crippen LogP contribution in [0.3, 0.4) is 0 Å². The molecule has 0 aliphatic heterocycles. The first kappa shape index (κ1) is 19.3. The van der Waals surface area contributed by atoms with E-state index in [4.69, 9.17) is 0 Å². The molecule has 28 heavy (non-hydrogen) atoms. The fraction of sp³-hybridized carbons (Fsp3) is 0.174. The van der Waals surface area contributed by atoms with Crippen LogP contribution in [0.5, 0.6) is 0 Å². The lowest BCUT2D eigenvalue weighted by molar-refractivity contribution is -0.116. The van der Waals surface area contributed by atoms with Crippen LogP contribution in [0.25, 0.3) is 6.08 Å². The van der Waals surface area contributed by atoms with E-state index in [1.165, 1.54) is 5.56 Å². The average Bonchev–Trinajstić information content (AvgIpc) is 3.20. The molecule has 5 heteroatoms. The maximum absolute atomic E-state index is 12.4. The van der Waals surface area contributed by atoms with Crippen LogP contribution in [0.1, 0.15) is 41.3 Å². The van der Waals surface area contributed by atoms with Gasteiger partial charge in [-0.1, -0.05) is 44.2 Å². The fourth-order valence-corrected chi connectivity index (χ4v) is 2.72. The van der Waals surface area contributed by atoms with E-state index in [1.54, 1.807) is 53.5 Å². The number of nitrogens with zero attached hydrogens (tertiary/aromatic N) is 2. The number of ketones is 1. The number of carbonyl (C=O) groups excluding carboxylic acids is 2. The highest BCUT2D eigenvalue weighted by molar-refractivity contribution is 6.07. The second-order valence-corrected chi connectivity index (χ2v) is 6.85. The van der Waals surface area contributed by atoms with Gasteiger partial charge >= 0.3 is 0 Å². The van der Waals surface area contributed by atoms with Crippen molar-refractivity contribution in [2.75, 3.05) is 5.32 Å². The van der Waals surface area contributed by atoms with Crippen molar-refractivity contribution in [3.05, 3.63) is 89.8 Å². The molecule has 0 unspecified atom stereocenters. The van der Waals surface area contributed by atoms with E-state index in [2.05, 4.69) is 36.4 Å². The van der Waals surface area contributed by atoms with E-state index in [0.717, 1.165) is 5.56 Å². The summed E-state index contributed by atoms with van der Waals surface area (Å²) < 4.78 is 1.55. The second-order valence-electron chi connectivity index (χ2n) is 6.85. The molecule has 0 fully saturated rings. The second kappa shape index (κ2) is 8.95. The van der Waals surface area contributed by atoms with Crippen molar-refractivity contribution in [3.63, 3.8) is 0 Å². The number of carbonyl (C=O) groups is 2. The molecule has 0 bridgehead atoms. The van der Waals surface area contributed by atoms with Gasteiger partial charge < -0.3 is 5.32 Å². The number of hydrogen-bond donors (Lipinski definition) is 1. The van der Waals surface area contributed by atoms with Crippen LogP contribution in [0.4, 0.5) is 5.69 Å². The van der Waals surface area contributed by atoms with Crippen LogP contribution >= 0.6 is 0 Å². The third-order valence-corrected chi connectivity index (χ3v) is 4.35. The summed E-state index contributed by atoms with van der Waals surface area (Å²) in [5, 5.41) is 6.79. The number of allylic oxidation sites excluding steroid dienone is 1. The molecule has 2 aromatic carbocycles. The van der Waals surface area contributed by atoms with Crippen molar-refractivity contribution in [2.45, 2.75) is 26.3 Å². The van der Waals surface area contributed by atoms with Gasteiger partial charge in [-0.3, -0.25) is 14.3 Å². The van der Waals surface area contributed by atoms with Crippen molar-refractivity contribution in [1.29, 1.82) is 0 Å². The highest BCUT2D eigenvalue weighted by Crippen LogP contribution is 2.16. The predicted octanol–water partition coefficient (Wildman–Crippen LogP) is 4.54. The normalized spacial score (nSPS) is 11.1. The fourth-order valence-electron chi connectivity index (χ4n) is 2.72. The standard InChI is InChI=1S/C23H23N3O2/c1-17(2)19-7-4-18(5-8-19)6-13-22(27)20-9-11-21(12-10-20)25-23(28)16-26-15-3-14-24-26/h3-15,17H,16H2,1-2H3,(H,25,28)/b13-6+. The summed E-state index contributed by atoms with van der Waals surface area (Å²) in [5.74, 6) is 0.230. The smallest absolute Gasteiger partial charge is 0.246 e. The maximum atomic E-state index is 12.4. The highest BCUT2D eigenvalue weighted by Gasteiger charge is 2.06. The Balaban J connectivity index is 1.57. The van der Waals surface area contributed by atoms with E-state index in [0.29, 0.717) is 17.2 Å². The first-order valence-corrected chi connectivity index (χ1v) is 9.21. The van der Waals surface area contributed by atoms with Crippen LogP contribution in [0, 0.1) is 0 Å². The minimum atomic E-state index is -0.174. The molecule has 1 amide bonds. The van der Waals surface area contributed by atoms with E-state index in [1.807, 2.05) is 18.2 Å². The molecule has 0 saturated carbocycles. The Morgan fingerprint density at radius 1 is 1.07 bits per heavy atom. The Labute approximate surface area is 164 Å².